The van der Waals surface area contributed by atoms with Crippen molar-refractivity contribution < 1.29 is 17.9 Å². The van der Waals surface area contributed by atoms with E-state index in [1.165, 1.54) is 12.1 Å². The Morgan fingerprint density at radius 3 is 2.50 bits per heavy atom. The van der Waals surface area contributed by atoms with Crippen LogP contribution in [0.25, 0.3) is 0 Å². The number of hydrogen-bond donors (Lipinski definition) is 1. The van der Waals surface area contributed by atoms with Crippen LogP contribution < -0.4 is 10.5 Å². The fourth-order valence-electron chi connectivity index (χ4n) is 1.27. The Kier molecular flexibility index (Phi) is 6.52. The third-order valence-electron chi connectivity index (χ3n) is 2.03. The zero-order chi connectivity index (χ0) is 13.1. The van der Waals surface area contributed by atoms with E-state index >= 15 is 0 Å². The van der Waals surface area contributed by atoms with Crippen LogP contribution in [-0.2, 0) is 0 Å². The van der Waals surface area contributed by atoms with Gasteiger partial charge in [0.15, 0.2) is 0 Å². The molecule has 0 aromatic heterocycles. The Labute approximate surface area is 114 Å². The van der Waals surface area contributed by atoms with E-state index in [9.17, 15) is 13.2 Å². The van der Waals surface area contributed by atoms with Crippen LogP contribution in [0.15, 0.2) is 30.9 Å². The molecule has 1 aromatic rings. The summed E-state index contributed by atoms with van der Waals surface area (Å²) in [7, 11) is 0. The van der Waals surface area contributed by atoms with Gasteiger partial charge in [-0.2, -0.15) is 0 Å². The third kappa shape index (κ3) is 5.16. The lowest BCUT2D eigenvalue weighted by atomic mass is 10.0. The number of halogens is 5. The quantitative estimate of drug-likeness (QED) is 0.844. The van der Waals surface area contributed by atoms with Crippen molar-refractivity contribution in [1.82, 2.24) is 0 Å². The lowest BCUT2D eigenvalue weighted by Gasteiger charge is -2.13. The monoisotopic (exact) mass is 301 g/mol. The highest BCUT2D eigenvalue weighted by Gasteiger charge is 2.32. The summed E-state index contributed by atoms with van der Waals surface area (Å²) in [4.78, 5) is 0. The molecule has 1 aromatic carbocycles. The molecule has 2 nitrogen and oxygen atoms in total. The van der Waals surface area contributed by atoms with Crippen molar-refractivity contribution in [3.05, 3.63) is 41.4 Å². The molecule has 0 saturated heterocycles. The predicted octanol–water partition coefficient (Wildman–Crippen LogP) is 4.24. The molecule has 0 saturated carbocycles. The molecule has 0 amide bonds. The second kappa shape index (κ2) is 6.87. The van der Waals surface area contributed by atoms with Crippen molar-refractivity contribution in [1.29, 1.82) is 0 Å². The van der Waals surface area contributed by atoms with Gasteiger partial charge in [-0.25, -0.2) is 0 Å². The van der Waals surface area contributed by atoms with Crippen molar-refractivity contribution in [2.24, 2.45) is 5.73 Å². The molecule has 0 aliphatic carbocycles. The Hall–Kier alpha value is -0.910. The molecule has 0 radical (unpaired) electrons. The summed E-state index contributed by atoms with van der Waals surface area (Å²) < 4.78 is 39.7. The molecule has 1 atom stereocenters. The summed E-state index contributed by atoms with van der Waals surface area (Å²) in [5.41, 5.74) is 6.39. The van der Waals surface area contributed by atoms with E-state index < -0.39 is 12.1 Å². The van der Waals surface area contributed by atoms with Crippen LogP contribution in [0.2, 0.25) is 5.02 Å². The molecule has 102 valence electrons. The van der Waals surface area contributed by atoms with E-state index in [0.29, 0.717) is 12.0 Å². The van der Waals surface area contributed by atoms with Crippen molar-refractivity contribution in [3.8, 4) is 5.75 Å². The first-order valence-electron chi connectivity index (χ1n) is 4.75. The Morgan fingerprint density at radius 1 is 1.44 bits per heavy atom. The average Bonchev–Trinajstić information content (AvgIpc) is 2.19. The van der Waals surface area contributed by atoms with E-state index in [1.54, 1.807) is 6.08 Å². The summed E-state index contributed by atoms with van der Waals surface area (Å²) in [5.74, 6) is -0.436. The van der Waals surface area contributed by atoms with E-state index in [-0.39, 0.29) is 23.5 Å². The largest absolute Gasteiger partial charge is 0.573 e. The van der Waals surface area contributed by atoms with Gasteiger partial charge in [-0.05, 0) is 24.1 Å². The molecule has 0 aliphatic heterocycles. The van der Waals surface area contributed by atoms with E-state index in [1.807, 2.05) is 0 Å². The second-order valence-corrected chi connectivity index (χ2v) is 3.78. The van der Waals surface area contributed by atoms with Gasteiger partial charge < -0.3 is 10.5 Å². The normalized spacial score (nSPS) is 12.5. The van der Waals surface area contributed by atoms with Crippen molar-refractivity contribution in [2.45, 2.75) is 18.8 Å². The lowest BCUT2D eigenvalue weighted by molar-refractivity contribution is -0.274. The fourth-order valence-corrected chi connectivity index (χ4v) is 1.50. The van der Waals surface area contributed by atoms with Gasteiger partial charge in [0.05, 0.1) is 5.02 Å². The van der Waals surface area contributed by atoms with Gasteiger partial charge in [-0.15, -0.1) is 32.2 Å². The number of benzene rings is 1. The number of alkyl halides is 3. The van der Waals surface area contributed by atoms with Crippen LogP contribution in [0.1, 0.15) is 18.0 Å². The van der Waals surface area contributed by atoms with Crippen molar-refractivity contribution >= 4 is 24.0 Å². The predicted molar refractivity (Wildman–Crippen MR) is 67.1 cm³/mol. The Balaban J connectivity index is 0.00000289. The van der Waals surface area contributed by atoms with Crippen LogP contribution in [0.5, 0.6) is 5.75 Å². The lowest BCUT2D eigenvalue weighted by Crippen LogP contribution is -2.17. The van der Waals surface area contributed by atoms with Crippen LogP contribution in [-0.4, -0.2) is 6.36 Å². The zero-order valence-corrected chi connectivity index (χ0v) is 10.8. The molecule has 0 bridgehead atoms. The number of nitrogens with two attached hydrogens (primary N) is 1. The fraction of sp³-hybridized carbons (Fsp3) is 0.273. The molecule has 0 fully saturated rings. The zero-order valence-electron chi connectivity index (χ0n) is 9.21. The maximum Gasteiger partial charge on any atom is 0.573 e. The van der Waals surface area contributed by atoms with Gasteiger partial charge in [-0.1, -0.05) is 23.7 Å². The van der Waals surface area contributed by atoms with Crippen LogP contribution in [0.4, 0.5) is 13.2 Å². The van der Waals surface area contributed by atoms with E-state index in [4.69, 9.17) is 17.3 Å². The first kappa shape index (κ1) is 17.1. The molecule has 2 N–H and O–H groups in total. The smallest absolute Gasteiger partial charge is 0.404 e. The Morgan fingerprint density at radius 2 is 2.06 bits per heavy atom. The van der Waals surface area contributed by atoms with E-state index in [0.717, 1.165) is 6.07 Å². The van der Waals surface area contributed by atoms with Gasteiger partial charge in [0.25, 0.3) is 0 Å². The van der Waals surface area contributed by atoms with Gasteiger partial charge in [0, 0.05) is 6.04 Å². The van der Waals surface area contributed by atoms with Gasteiger partial charge in [-0.3, -0.25) is 0 Å². The Bertz CT molecular complexity index is 410. The topological polar surface area (TPSA) is 35.2 Å². The van der Waals surface area contributed by atoms with Gasteiger partial charge >= 0.3 is 6.36 Å². The molecule has 0 unspecified atom stereocenters. The maximum atomic E-state index is 12.0. The first-order valence-corrected chi connectivity index (χ1v) is 5.13. The minimum absolute atomic E-state index is 0. The number of rotatable bonds is 4. The molecular formula is C11H12Cl2F3NO. The number of ether oxygens (including phenoxy) is 1. The minimum atomic E-state index is -4.76. The molecule has 0 heterocycles. The molecule has 0 spiro atoms. The van der Waals surface area contributed by atoms with E-state index in [2.05, 4.69) is 11.3 Å². The summed E-state index contributed by atoms with van der Waals surface area (Å²) >= 11 is 5.67. The highest BCUT2D eigenvalue weighted by atomic mass is 35.5. The summed E-state index contributed by atoms with van der Waals surface area (Å²) in [6, 6.07) is 3.61. The molecular weight excluding hydrogens is 290 g/mol. The molecule has 18 heavy (non-hydrogen) atoms. The van der Waals surface area contributed by atoms with Crippen molar-refractivity contribution in [2.75, 3.05) is 0 Å². The second-order valence-electron chi connectivity index (χ2n) is 3.37. The van der Waals surface area contributed by atoms with Crippen LogP contribution in [0, 0.1) is 0 Å². The van der Waals surface area contributed by atoms with Crippen LogP contribution >= 0.6 is 24.0 Å². The average molecular weight is 302 g/mol. The first-order chi connectivity index (χ1) is 7.83. The minimum Gasteiger partial charge on any atom is -0.404 e. The van der Waals surface area contributed by atoms with Crippen molar-refractivity contribution in [3.63, 3.8) is 0 Å². The SMILES string of the molecule is C=CC[C@@H](N)c1ccc(OC(F)(F)F)c(Cl)c1.Cl. The third-order valence-corrected chi connectivity index (χ3v) is 2.33. The summed E-state index contributed by atoms with van der Waals surface area (Å²) in [6.45, 7) is 3.53. The molecule has 7 heteroatoms. The van der Waals surface area contributed by atoms with Gasteiger partial charge in [0.1, 0.15) is 5.75 Å². The highest BCUT2D eigenvalue weighted by molar-refractivity contribution is 6.32. The van der Waals surface area contributed by atoms with Gasteiger partial charge in [0.2, 0.25) is 0 Å². The highest BCUT2D eigenvalue weighted by Crippen LogP contribution is 2.32. The summed E-state index contributed by atoms with van der Waals surface area (Å²) in [6.07, 6.45) is -2.62. The molecule has 1 rings (SSSR count). The number of hydrogen-bond acceptors (Lipinski definition) is 2. The standard InChI is InChI=1S/C11H11ClF3NO.ClH/c1-2-3-9(16)7-4-5-10(8(12)6-7)17-11(13,14)15;/h2,4-6,9H,1,3,16H2;1H/t9-;/m1./s1. The van der Waals surface area contributed by atoms with Crippen LogP contribution in [0.3, 0.4) is 0 Å². The summed E-state index contributed by atoms with van der Waals surface area (Å²) in [5, 5.41) is -0.126. The molecule has 0 aliphatic rings. The maximum absolute atomic E-state index is 12.0.